The van der Waals surface area contributed by atoms with Gasteiger partial charge in [0, 0.05) is 5.69 Å². The molecular weight excluding hydrogens is 425 g/mol. The Morgan fingerprint density at radius 3 is 2.16 bits per heavy atom. The van der Waals surface area contributed by atoms with E-state index in [4.69, 9.17) is 4.74 Å². The average molecular weight is 448 g/mol. The van der Waals surface area contributed by atoms with E-state index in [1.165, 1.54) is 12.1 Å². The second-order valence-corrected chi connectivity index (χ2v) is 7.49. The quantitative estimate of drug-likeness (QED) is 0.602. The van der Waals surface area contributed by atoms with Crippen molar-refractivity contribution in [2.24, 2.45) is 0 Å². The largest absolute Gasteiger partial charge is 0.573 e. The molecule has 0 aliphatic carbocycles. The number of ether oxygens (including phenoxy) is 2. The predicted molar refractivity (Wildman–Crippen MR) is 113 cm³/mol. The van der Waals surface area contributed by atoms with Crippen LogP contribution in [0.15, 0.2) is 54.2 Å². The van der Waals surface area contributed by atoms with Gasteiger partial charge in [0.15, 0.2) is 0 Å². The molecule has 2 aromatic rings. The van der Waals surface area contributed by atoms with E-state index in [0.29, 0.717) is 11.3 Å². The van der Waals surface area contributed by atoms with Crippen molar-refractivity contribution < 1.29 is 32.2 Å². The Labute approximate surface area is 183 Å². The van der Waals surface area contributed by atoms with Crippen LogP contribution in [0.4, 0.5) is 18.9 Å². The molecule has 0 radical (unpaired) electrons. The average Bonchev–Trinajstić information content (AvgIpc) is 2.93. The number of carbonyl (C=O) groups is 2. The van der Waals surface area contributed by atoms with Crippen molar-refractivity contribution >= 4 is 23.1 Å². The van der Waals surface area contributed by atoms with Crippen LogP contribution in [0.3, 0.4) is 0 Å². The molecule has 32 heavy (non-hydrogen) atoms. The van der Waals surface area contributed by atoms with E-state index in [-0.39, 0.29) is 30.5 Å². The summed E-state index contributed by atoms with van der Waals surface area (Å²) in [6, 6.07) is 12.1. The van der Waals surface area contributed by atoms with Gasteiger partial charge in [0.25, 0.3) is 11.8 Å². The maximum atomic E-state index is 13.1. The normalized spacial score (nSPS) is 14.5. The van der Waals surface area contributed by atoms with Gasteiger partial charge >= 0.3 is 6.36 Å². The number of nitrogens with one attached hydrogen (secondary N) is 1. The van der Waals surface area contributed by atoms with Gasteiger partial charge in [0.05, 0.1) is 24.8 Å². The lowest BCUT2D eigenvalue weighted by Gasteiger charge is -2.16. The van der Waals surface area contributed by atoms with E-state index in [1.54, 1.807) is 12.1 Å². The van der Waals surface area contributed by atoms with Crippen LogP contribution in [0.25, 0.3) is 5.57 Å². The maximum absolute atomic E-state index is 13.1. The van der Waals surface area contributed by atoms with Crippen molar-refractivity contribution in [3.05, 3.63) is 65.4 Å². The molecule has 0 bridgehead atoms. The summed E-state index contributed by atoms with van der Waals surface area (Å²) in [4.78, 5) is 27.3. The monoisotopic (exact) mass is 448 g/mol. The molecule has 1 heterocycles. The molecule has 0 spiro atoms. The number of anilines is 1. The first kappa shape index (κ1) is 23.3. The molecule has 0 unspecified atom stereocenters. The third-order valence-corrected chi connectivity index (χ3v) is 4.63. The van der Waals surface area contributed by atoms with Crippen LogP contribution in [0.1, 0.15) is 25.0 Å². The van der Waals surface area contributed by atoms with E-state index < -0.39 is 23.9 Å². The van der Waals surface area contributed by atoms with Gasteiger partial charge in [-0.1, -0.05) is 29.8 Å². The predicted octanol–water partition coefficient (Wildman–Crippen LogP) is 4.51. The first-order chi connectivity index (χ1) is 15.0. The first-order valence-corrected chi connectivity index (χ1v) is 9.97. The van der Waals surface area contributed by atoms with Crippen LogP contribution in [-0.2, 0) is 14.3 Å². The number of rotatable bonds is 8. The van der Waals surface area contributed by atoms with Gasteiger partial charge in [-0.3, -0.25) is 14.5 Å². The third-order valence-electron chi connectivity index (χ3n) is 4.63. The lowest BCUT2D eigenvalue weighted by Crippen LogP contribution is -2.35. The molecular formula is C23H23F3N2O4. The summed E-state index contributed by atoms with van der Waals surface area (Å²) in [7, 11) is 0. The van der Waals surface area contributed by atoms with Crippen molar-refractivity contribution in [2.75, 3.05) is 18.5 Å². The van der Waals surface area contributed by atoms with Crippen LogP contribution in [0.2, 0.25) is 0 Å². The van der Waals surface area contributed by atoms with E-state index in [1.807, 2.05) is 32.9 Å². The summed E-state index contributed by atoms with van der Waals surface area (Å²) in [5.74, 6) is -1.39. The molecule has 1 aliphatic rings. The van der Waals surface area contributed by atoms with Crippen molar-refractivity contribution in [2.45, 2.75) is 33.2 Å². The van der Waals surface area contributed by atoms with Gasteiger partial charge in [-0.2, -0.15) is 0 Å². The maximum Gasteiger partial charge on any atom is 0.573 e. The molecule has 170 valence electrons. The molecule has 0 saturated carbocycles. The topological polar surface area (TPSA) is 67.9 Å². The van der Waals surface area contributed by atoms with Gasteiger partial charge in [-0.25, -0.2) is 0 Å². The number of alkyl halides is 3. The molecule has 1 aliphatic heterocycles. The Hall–Kier alpha value is -3.33. The summed E-state index contributed by atoms with van der Waals surface area (Å²) in [5, 5.41) is 2.89. The van der Waals surface area contributed by atoms with Crippen molar-refractivity contribution in [3.8, 4) is 5.75 Å². The minimum absolute atomic E-state index is 0.0490. The Balaban J connectivity index is 1.89. The molecule has 2 aromatic carbocycles. The number of carbonyl (C=O) groups excluding carboxylic acids is 2. The number of amides is 2. The highest BCUT2D eigenvalue weighted by Crippen LogP contribution is 2.31. The molecule has 0 fully saturated rings. The fourth-order valence-electron chi connectivity index (χ4n) is 3.15. The molecule has 0 saturated heterocycles. The molecule has 3 rings (SSSR count). The second kappa shape index (κ2) is 9.44. The molecule has 6 nitrogen and oxygen atoms in total. The van der Waals surface area contributed by atoms with Gasteiger partial charge in [0.2, 0.25) is 0 Å². The van der Waals surface area contributed by atoms with Crippen molar-refractivity contribution in [3.63, 3.8) is 0 Å². The minimum atomic E-state index is -4.80. The summed E-state index contributed by atoms with van der Waals surface area (Å²) < 4.78 is 46.5. The molecule has 0 atom stereocenters. The zero-order valence-corrected chi connectivity index (χ0v) is 17.8. The lowest BCUT2D eigenvalue weighted by atomic mass is 10.0. The van der Waals surface area contributed by atoms with Gasteiger partial charge < -0.3 is 14.8 Å². The highest BCUT2D eigenvalue weighted by molar-refractivity contribution is 6.36. The number of aryl methyl sites for hydroxylation is 1. The van der Waals surface area contributed by atoms with Crippen LogP contribution < -0.4 is 10.1 Å². The Kier molecular flexibility index (Phi) is 6.88. The zero-order valence-electron chi connectivity index (χ0n) is 17.8. The third kappa shape index (κ3) is 5.67. The number of hydrogen-bond donors (Lipinski definition) is 1. The Bertz CT molecular complexity index is 1010. The summed E-state index contributed by atoms with van der Waals surface area (Å²) in [5.41, 5.74) is 2.12. The summed E-state index contributed by atoms with van der Waals surface area (Å²) in [6.07, 6.45) is -4.86. The number of nitrogens with zero attached hydrogens (tertiary/aromatic N) is 1. The van der Waals surface area contributed by atoms with E-state index in [0.717, 1.165) is 22.6 Å². The fourth-order valence-corrected chi connectivity index (χ4v) is 3.15. The molecule has 9 heteroatoms. The molecule has 1 N–H and O–H groups in total. The zero-order chi connectivity index (χ0) is 23.5. The van der Waals surface area contributed by atoms with Crippen molar-refractivity contribution in [1.29, 1.82) is 0 Å². The first-order valence-electron chi connectivity index (χ1n) is 9.97. The van der Waals surface area contributed by atoms with E-state index >= 15 is 0 Å². The van der Waals surface area contributed by atoms with Gasteiger partial charge in [-0.15, -0.1) is 13.2 Å². The van der Waals surface area contributed by atoms with E-state index in [2.05, 4.69) is 10.1 Å². The summed E-state index contributed by atoms with van der Waals surface area (Å²) in [6.45, 7) is 5.87. The van der Waals surface area contributed by atoms with Crippen molar-refractivity contribution in [1.82, 2.24) is 4.90 Å². The minimum Gasteiger partial charge on any atom is -0.406 e. The highest BCUT2D eigenvalue weighted by atomic mass is 19.4. The standard InChI is InChI=1S/C23H23F3N2O4/c1-14(2)31-13-12-28-21(29)19(16-6-4-15(3)5-7-16)20(22(28)30)27-17-8-10-18(11-9-17)32-23(24,25)26/h4-11,14,27H,12-13H2,1-3H3. The molecule has 2 amide bonds. The number of benzene rings is 2. The summed E-state index contributed by atoms with van der Waals surface area (Å²) >= 11 is 0. The highest BCUT2D eigenvalue weighted by Gasteiger charge is 2.39. The van der Waals surface area contributed by atoms with Crippen LogP contribution in [0.5, 0.6) is 5.75 Å². The van der Waals surface area contributed by atoms with Crippen LogP contribution >= 0.6 is 0 Å². The second-order valence-electron chi connectivity index (χ2n) is 7.49. The van der Waals surface area contributed by atoms with Crippen LogP contribution in [0, 0.1) is 6.92 Å². The van der Waals surface area contributed by atoms with Gasteiger partial charge in [-0.05, 0) is 50.6 Å². The van der Waals surface area contributed by atoms with E-state index in [9.17, 15) is 22.8 Å². The SMILES string of the molecule is Cc1ccc(C2=C(Nc3ccc(OC(F)(F)F)cc3)C(=O)N(CCOC(C)C)C2=O)cc1. The van der Waals surface area contributed by atoms with Gasteiger partial charge in [0.1, 0.15) is 11.4 Å². The number of halogens is 3. The molecule has 0 aromatic heterocycles. The number of hydrogen-bond acceptors (Lipinski definition) is 5. The lowest BCUT2D eigenvalue weighted by molar-refractivity contribution is -0.274. The fraction of sp³-hybridized carbons (Fsp3) is 0.304. The Morgan fingerprint density at radius 1 is 0.969 bits per heavy atom. The smallest absolute Gasteiger partial charge is 0.406 e. The van der Waals surface area contributed by atoms with Crippen LogP contribution in [-0.4, -0.2) is 42.3 Å². The Morgan fingerprint density at radius 2 is 1.59 bits per heavy atom. The number of imide groups is 1.